The van der Waals surface area contributed by atoms with Gasteiger partial charge in [0, 0.05) is 18.5 Å². The van der Waals surface area contributed by atoms with Crippen molar-refractivity contribution < 1.29 is 4.74 Å². The van der Waals surface area contributed by atoms with Crippen LogP contribution in [0.2, 0.25) is 5.15 Å². The molecule has 0 unspecified atom stereocenters. The summed E-state index contributed by atoms with van der Waals surface area (Å²) in [7, 11) is 9.13. The maximum absolute atomic E-state index is 12.9. The lowest BCUT2D eigenvalue weighted by atomic mass is 9.94. The summed E-state index contributed by atoms with van der Waals surface area (Å²) in [6.45, 7) is 0. The summed E-state index contributed by atoms with van der Waals surface area (Å²) >= 11 is 6.31. The number of methoxy groups -OCH3 is 1. The number of rotatable bonds is 2. The van der Waals surface area contributed by atoms with Crippen molar-refractivity contribution in [3.05, 3.63) is 52.2 Å². The molecule has 0 aliphatic carbocycles. The quantitative estimate of drug-likeness (QED) is 0.408. The number of ether oxygens (including phenoxy) is 1. The molecule has 122 valence electrons. The van der Waals surface area contributed by atoms with Crippen LogP contribution >= 0.6 is 11.6 Å². The number of pyridine rings is 2. The largest absolute Gasteiger partial charge is 0.481 e. The topological polar surface area (TPSA) is 61.9 Å². The van der Waals surface area contributed by atoms with Crippen LogP contribution in [-0.2, 0) is 7.05 Å². The lowest BCUT2D eigenvalue weighted by Crippen LogP contribution is -2.21. The Kier molecular flexibility index (Phi) is 3.54. The number of nitrogens with zero attached hydrogens (tertiary/aromatic N) is 4. The summed E-state index contributed by atoms with van der Waals surface area (Å²) in [5.41, 5.74) is 2.89. The molecule has 0 saturated carbocycles. The number of hydrogen-bond acceptors (Lipinski definition) is 4. The van der Waals surface area contributed by atoms with Crippen LogP contribution in [0.3, 0.4) is 0 Å². The second-order valence-corrected chi connectivity index (χ2v) is 5.97. The van der Waals surface area contributed by atoms with Gasteiger partial charge in [-0.1, -0.05) is 29.2 Å². The van der Waals surface area contributed by atoms with Gasteiger partial charge in [0.2, 0.25) is 5.88 Å². The number of halogens is 1. The first-order valence-corrected chi connectivity index (χ1v) is 7.85. The third kappa shape index (κ3) is 2.31. The molecule has 1 aromatic carbocycles. The minimum absolute atomic E-state index is 0.169. The number of aromatic nitrogens is 4. The van der Waals surface area contributed by atoms with Crippen LogP contribution in [-0.4, -0.2) is 34.1 Å². The van der Waals surface area contributed by atoms with Crippen molar-refractivity contribution in [1.82, 2.24) is 19.1 Å². The molecule has 0 bridgehead atoms. The van der Waals surface area contributed by atoms with Crippen LogP contribution in [0, 0.1) is 0 Å². The Morgan fingerprint density at radius 2 is 2.04 bits per heavy atom. The fourth-order valence-electron chi connectivity index (χ4n) is 2.93. The fraction of sp³-hybridized carbons (Fsp3) is 0.118. The van der Waals surface area contributed by atoms with E-state index in [1.54, 1.807) is 37.5 Å². The zero-order chi connectivity index (χ0) is 17.7. The predicted octanol–water partition coefficient (Wildman–Crippen LogP) is 1.73. The SMILES string of the molecule is [B]c1ccc2ncc3c(c2c1)n(-c1ccc(OC)nc1Cl)c(=O)n3C. The maximum Gasteiger partial charge on any atom is 0.333 e. The zero-order valence-corrected chi connectivity index (χ0v) is 14.3. The van der Waals surface area contributed by atoms with Crippen LogP contribution in [0.5, 0.6) is 5.88 Å². The first kappa shape index (κ1) is 15.7. The second kappa shape index (κ2) is 5.63. The highest BCUT2D eigenvalue weighted by molar-refractivity contribution is 6.33. The van der Waals surface area contributed by atoms with Crippen LogP contribution in [0.1, 0.15) is 0 Å². The summed E-state index contributed by atoms with van der Waals surface area (Å²) in [5.74, 6) is 0.373. The molecule has 0 amide bonds. The molecule has 0 fully saturated rings. The summed E-state index contributed by atoms with van der Waals surface area (Å²) in [6.07, 6.45) is 1.66. The number of fused-ring (bicyclic) bond motifs is 3. The molecule has 3 aromatic heterocycles. The molecular weight excluding hydrogens is 338 g/mol. The lowest BCUT2D eigenvalue weighted by Gasteiger charge is -2.09. The van der Waals surface area contributed by atoms with E-state index in [1.807, 2.05) is 6.07 Å². The van der Waals surface area contributed by atoms with Crippen molar-refractivity contribution >= 4 is 46.8 Å². The minimum atomic E-state index is -0.249. The predicted molar refractivity (Wildman–Crippen MR) is 98.6 cm³/mol. The molecule has 4 aromatic rings. The second-order valence-electron chi connectivity index (χ2n) is 5.61. The summed E-state index contributed by atoms with van der Waals surface area (Å²) in [5, 5.41) is 0.935. The van der Waals surface area contributed by atoms with Crippen LogP contribution in [0.15, 0.2) is 41.3 Å². The molecule has 0 aliphatic heterocycles. The van der Waals surface area contributed by atoms with E-state index in [0.29, 0.717) is 28.1 Å². The van der Waals surface area contributed by atoms with Crippen molar-refractivity contribution in [2.24, 2.45) is 7.05 Å². The standard InChI is InChI=1S/C17H12BClN4O2/c1-22-13-8-20-11-4-3-9(18)7-10(11)15(13)23(17(22)24)12-5-6-14(25-2)21-16(12)19/h3-8H,1-2H3. The van der Waals surface area contributed by atoms with Crippen LogP contribution in [0.25, 0.3) is 27.6 Å². The highest BCUT2D eigenvalue weighted by atomic mass is 35.5. The lowest BCUT2D eigenvalue weighted by molar-refractivity contribution is 0.398. The maximum atomic E-state index is 12.9. The Balaban J connectivity index is 2.19. The molecule has 6 nitrogen and oxygen atoms in total. The molecule has 8 heteroatoms. The Morgan fingerprint density at radius 3 is 2.76 bits per heavy atom. The number of imidazole rings is 1. The smallest absolute Gasteiger partial charge is 0.333 e. The molecule has 25 heavy (non-hydrogen) atoms. The molecule has 0 N–H and O–H groups in total. The van der Waals surface area contributed by atoms with E-state index in [-0.39, 0.29) is 10.8 Å². The highest BCUT2D eigenvalue weighted by Crippen LogP contribution is 2.28. The molecule has 0 spiro atoms. The third-order valence-corrected chi connectivity index (χ3v) is 4.44. The van der Waals surface area contributed by atoms with Gasteiger partial charge in [-0.05, 0) is 12.1 Å². The third-order valence-electron chi connectivity index (χ3n) is 4.16. The van der Waals surface area contributed by atoms with Crippen molar-refractivity contribution in [3.63, 3.8) is 0 Å². The van der Waals surface area contributed by atoms with E-state index >= 15 is 0 Å². The van der Waals surface area contributed by atoms with Gasteiger partial charge in [0.25, 0.3) is 0 Å². The molecule has 2 radical (unpaired) electrons. The van der Waals surface area contributed by atoms with Crippen molar-refractivity contribution in [2.45, 2.75) is 0 Å². The van der Waals surface area contributed by atoms with E-state index in [4.69, 9.17) is 24.2 Å². The summed E-state index contributed by atoms with van der Waals surface area (Å²) in [6, 6.07) is 8.75. The number of hydrogen-bond donors (Lipinski definition) is 0. The molecular formula is C17H12BClN4O2. The number of aryl methyl sites for hydroxylation is 1. The highest BCUT2D eigenvalue weighted by Gasteiger charge is 2.18. The average Bonchev–Trinajstić information content (AvgIpc) is 2.86. The van der Waals surface area contributed by atoms with Crippen molar-refractivity contribution in [3.8, 4) is 11.6 Å². The molecule has 0 saturated heterocycles. The van der Waals surface area contributed by atoms with Gasteiger partial charge in [0.05, 0.1) is 35.5 Å². The van der Waals surface area contributed by atoms with Gasteiger partial charge in [-0.2, -0.15) is 4.98 Å². The minimum Gasteiger partial charge on any atom is -0.481 e. The molecule has 0 aliphatic rings. The van der Waals surface area contributed by atoms with Gasteiger partial charge >= 0.3 is 5.69 Å². The van der Waals surface area contributed by atoms with E-state index in [1.165, 1.54) is 16.2 Å². The van der Waals surface area contributed by atoms with Gasteiger partial charge in [0.1, 0.15) is 7.85 Å². The van der Waals surface area contributed by atoms with Crippen molar-refractivity contribution in [1.29, 1.82) is 0 Å². The fourth-order valence-corrected chi connectivity index (χ4v) is 3.16. The van der Waals surface area contributed by atoms with E-state index in [2.05, 4.69) is 9.97 Å². The zero-order valence-electron chi connectivity index (χ0n) is 13.5. The average molecular weight is 351 g/mol. The molecule has 4 rings (SSSR count). The van der Waals surface area contributed by atoms with Crippen LogP contribution < -0.4 is 15.9 Å². The Bertz CT molecular complexity index is 1200. The first-order valence-electron chi connectivity index (χ1n) is 7.48. The van der Waals surface area contributed by atoms with Gasteiger partial charge in [-0.15, -0.1) is 0 Å². The van der Waals surface area contributed by atoms with E-state index in [9.17, 15) is 4.79 Å². The molecule has 3 heterocycles. The summed E-state index contributed by atoms with van der Waals surface area (Å²) < 4.78 is 8.12. The van der Waals surface area contributed by atoms with Crippen LogP contribution in [0.4, 0.5) is 0 Å². The van der Waals surface area contributed by atoms with Gasteiger partial charge in [0.15, 0.2) is 5.15 Å². The molecule has 0 atom stereocenters. The summed E-state index contributed by atoms with van der Waals surface area (Å²) in [4.78, 5) is 21.4. The first-order chi connectivity index (χ1) is 12.0. The Labute approximate surface area is 149 Å². The van der Waals surface area contributed by atoms with E-state index < -0.39 is 0 Å². The van der Waals surface area contributed by atoms with Gasteiger partial charge in [-0.3, -0.25) is 14.1 Å². The van der Waals surface area contributed by atoms with Crippen molar-refractivity contribution in [2.75, 3.05) is 7.11 Å². The van der Waals surface area contributed by atoms with Gasteiger partial charge < -0.3 is 4.74 Å². The van der Waals surface area contributed by atoms with E-state index in [0.717, 1.165) is 10.9 Å². The number of benzene rings is 1. The van der Waals surface area contributed by atoms with Gasteiger partial charge in [-0.25, -0.2) is 4.79 Å². The Hall–Kier alpha value is -2.80. The Morgan fingerprint density at radius 1 is 1.24 bits per heavy atom. The normalized spacial score (nSPS) is 11.3. The monoisotopic (exact) mass is 350 g/mol.